The minimum absolute atomic E-state index is 0.0850. The minimum atomic E-state index is -0.443. The van der Waals surface area contributed by atoms with E-state index in [0.717, 1.165) is 19.4 Å². The molecule has 5 heteroatoms. The number of nitrogens with zero attached hydrogens (tertiary/aromatic N) is 1. The molecular formula is C13H19FN2O2. The van der Waals surface area contributed by atoms with Crippen molar-refractivity contribution in [2.45, 2.75) is 32.8 Å². The Morgan fingerprint density at radius 3 is 2.78 bits per heavy atom. The number of hydroxylamine groups is 1. The predicted molar refractivity (Wildman–Crippen MR) is 69.1 cm³/mol. The van der Waals surface area contributed by atoms with Gasteiger partial charge in [-0.1, -0.05) is 0 Å². The maximum Gasteiger partial charge on any atom is 0.167 e. The molecule has 0 bridgehead atoms. The van der Waals surface area contributed by atoms with E-state index in [1.54, 1.807) is 11.1 Å². The summed E-state index contributed by atoms with van der Waals surface area (Å²) in [5.74, 6) is -0.231. The van der Waals surface area contributed by atoms with Crippen LogP contribution in [0.25, 0.3) is 0 Å². The van der Waals surface area contributed by atoms with Crippen LogP contribution >= 0.6 is 0 Å². The topological polar surface area (TPSA) is 47.7 Å². The molecular weight excluding hydrogens is 235 g/mol. The molecule has 1 saturated heterocycles. The van der Waals surface area contributed by atoms with Gasteiger partial charge in [-0.25, -0.2) is 4.39 Å². The normalized spacial score (nSPS) is 16.1. The van der Waals surface area contributed by atoms with Gasteiger partial charge in [-0.2, -0.15) is 0 Å². The van der Waals surface area contributed by atoms with Gasteiger partial charge in [0.05, 0.1) is 24.1 Å². The van der Waals surface area contributed by atoms with E-state index >= 15 is 0 Å². The molecule has 0 saturated carbocycles. The number of halogens is 1. The lowest BCUT2D eigenvalue weighted by molar-refractivity contribution is 0.0779. The van der Waals surface area contributed by atoms with Crippen LogP contribution in [0, 0.1) is 5.82 Å². The van der Waals surface area contributed by atoms with Crippen LogP contribution in [0.5, 0.6) is 5.75 Å². The number of nitrogen functional groups attached to an aromatic ring is 1. The standard InChI is InChI=1S/C13H19FN2O2/c1-9(2)18-13-8-12(11(15)7-10(13)14)16-5-3-4-6-17-16/h7-9H,3-6,15H2,1-2H3. The SMILES string of the molecule is CC(C)Oc1cc(N2CCCCO2)c(N)cc1F. The first kappa shape index (κ1) is 13.0. The Morgan fingerprint density at radius 2 is 2.17 bits per heavy atom. The van der Waals surface area contributed by atoms with Crippen molar-refractivity contribution in [1.29, 1.82) is 0 Å². The monoisotopic (exact) mass is 254 g/mol. The summed E-state index contributed by atoms with van der Waals surface area (Å²) in [4.78, 5) is 5.52. The second-order valence-electron chi connectivity index (χ2n) is 4.65. The lowest BCUT2D eigenvalue weighted by Crippen LogP contribution is -2.30. The third-order valence-electron chi connectivity index (χ3n) is 2.72. The smallest absolute Gasteiger partial charge is 0.167 e. The highest BCUT2D eigenvalue weighted by Crippen LogP contribution is 2.32. The van der Waals surface area contributed by atoms with Crippen LogP contribution in [0.15, 0.2) is 12.1 Å². The first-order chi connectivity index (χ1) is 8.58. The molecule has 1 aromatic carbocycles. The minimum Gasteiger partial charge on any atom is -0.488 e. The number of rotatable bonds is 3. The fourth-order valence-electron chi connectivity index (χ4n) is 1.91. The highest BCUT2D eigenvalue weighted by atomic mass is 19.1. The van der Waals surface area contributed by atoms with E-state index in [-0.39, 0.29) is 11.9 Å². The molecule has 0 aliphatic carbocycles. The molecule has 2 N–H and O–H groups in total. The molecule has 2 rings (SSSR count). The number of benzene rings is 1. The van der Waals surface area contributed by atoms with Gasteiger partial charge >= 0.3 is 0 Å². The summed E-state index contributed by atoms with van der Waals surface area (Å²) in [6.07, 6.45) is 1.99. The van der Waals surface area contributed by atoms with Gasteiger partial charge in [0.15, 0.2) is 11.6 Å². The van der Waals surface area contributed by atoms with Gasteiger partial charge in [0, 0.05) is 18.7 Å². The Labute approximate surface area is 106 Å². The number of ether oxygens (including phenoxy) is 1. The Hall–Kier alpha value is -1.49. The van der Waals surface area contributed by atoms with E-state index in [0.29, 0.717) is 18.0 Å². The van der Waals surface area contributed by atoms with E-state index in [2.05, 4.69) is 0 Å². The molecule has 0 atom stereocenters. The molecule has 1 aliphatic rings. The van der Waals surface area contributed by atoms with E-state index in [4.69, 9.17) is 15.3 Å². The second kappa shape index (κ2) is 5.44. The van der Waals surface area contributed by atoms with Crippen LogP contribution in [0.1, 0.15) is 26.7 Å². The van der Waals surface area contributed by atoms with Crippen molar-refractivity contribution >= 4 is 11.4 Å². The molecule has 4 nitrogen and oxygen atoms in total. The second-order valence-corrected chi connectivity index (χ2v) is 4.65. The van der Waals surface area contributed by atoms with E-state index in [1.807, 2.05) is 13.8 Å². The highest BCUT2D eigenvalue weighted by Gasteiger charge is 2.18. The van der Waals surface area contributed by atoms with Crippen molar-refractivity contribution < 1.29 is 14.0 Å². The fourth-order valence-corrected chi connectivity index (χ4v) is 1.91. The van der Waals surface area contributed by atoms with Gasteiger partial charge in [-0.15, -0.1) is 0 Å². The summed E-state index contributed by atoms with van der Waals surface area (Å²) < 4.78 is 19.1. The van der Waals surface area contributed by atoms with Crippen LogP contribution in [0.3, 0.4) is 0 Å². The van der Waals surface area contributed by atoms with E-state index in [1.165, 1.54) is 6.07 Å². The van der Waals surface area contributed by atoms with Crippen molar-refractivity contribution in [3.63, 3.8) is 0 Å². The first-order valence-corrected chi connectivity index (χ1v) is 6.24. The van der Waals surface area contributed by atoms with Crippen molar-refractivity contribution in [3.05, 3.63) is 17.9 Å². The zero-order chi connectivity index (χ0) is 13.1. The van der Waals surface area contributed by atoms with Crippen LogP contribution in [0.4, 0.5) is 15.8 Å². The van der Waals surface area contributed by atoms with Crippen LogP contribution < -0.4 is 15.5 Å². The van der Waals surface area contributed by atoms with Crippen LogP contribution in [-0.4, -0.2) is 19.3 Å². The Kier molecular flexibility index (Phi) is 3.91. The molecule has 1 fully saturated rings. The van der Waals surface area contributed by atoms with Crippen molar-refractivity contribution in [2.75, 3.05) is 23.9 Å². The summed E-state index contributed by atoms with van der Waals surface area (Å²) in [6.45, 7) is 5.13. The van der Waals surface area contributed by atoms with Gasteiger partial charge in [0.1, 0.15) is 0 Å². The Morgan fingerprint density at radius 1 is 1.39 bits per heavy atom. The lowest BCUT2D eigenvalue weighted by Gasteiger charge is -2.29. The molecule has 100 valence electrons. The number of hydrogen-bond acceptors (Lipinski definition) is 4. The highest BCUT2D eigenvalue weighted by molar-refractivity contribution is 5.69. The molecule has 1 aliphatic heterocycles. The fraction of sp³-hybridized carbons (Fsp3) is 0.538. The molecule has 0 radical (unpaired) electrons. The van der Waals surface area contributed by atoms with Gasteiger partial charge in [0.25, 0.3) is 0 Å². The number of anilines is 2. The Bertz CT molecular complexity index is 418. The third-order valence-corrected chi connectivity index (χ3v) is 2.72. The van der Waals surface area contributed by atoms with Crippen molar-refractivity contribution in [1.82, 2.24) is 0 Å². The summed E-state index contributed by atoms with van der Waals surface area (Å²) in [5.41, 5.74) is 6.87. The maximum atomic E-state index is 13.7. The molecule has 0 unspecified atom stereocenters. The van der Waals surface area contributed by atoms with E-state index in [9.17, 15) is 4.39 Å². The third kappa shape index (κ3) is 2.85. The molecule has 0 spiro atoms. The first-order valence-electron chi connectivity index (χ1n) is 6.24. The molecule has 1 aromatic rings. The quantitative estimate of drug-likeness (QED) is 0.842. The van der Waals surface area contributed by atoms with Crippen molar-refractivity contribution in [3.8, 4) is 5.75 Å². The number of hydrogen-bond donors (Lipinski definition) is 1. The molecule has 18 heavy (non-hydrogen) atoms. The van der Waals surface area contributed by atoms with Gasteiger partial charge in [-0.05, 0) is 26.7 Å². The Balaban J connectivity index is 2.28. The molecule has 0 aromatic heterocycles. The average molecular weight is 254 g/mol. The number of nitrogens with two attached hydrogens (primary N) is 1. The molecule has 1 heterocycles. The zero-order valence-corrected chi connectivity index (χ0v) is 10.8. The maximum absolute atomic E-state index is 13.7. The van der Waals surface area contributed by atoms with Gasteiger partial charge in [0.2, 0.25) is 0 Å². The molecule has 0 amide bonds. The van der Waals surface area contributed by atoms with Crippen LogP contribution in [0.2, 0.25) is 0 Å². The van der Waals surface area contributed by atoms with Gasteiger partial charge in [-0.3, -0.25) is 9.90 Å². The van der Waals surface area contributed by atoms with E-state index < -0.39 is 5.82 Å². The summed E-state index contributed by atoms with van der Waals surface area (Å²) in [7, 11) is 0. The predicted octanol–water partition coefficient (Wildman–Crippen LogP) is 2.73. The lowest BCUT2D eigenvalue weighted by atomic mass is 10.2. The van der Waals surface area contributed by atoms with Crippen LogP contribution in [-0.2, 0) is 4.84 Å². The van der Waals surface area contributed by atoms with Gasteiger partial charge < -0.3 is 10.5 Å². The van der Waals surface area contributed by atoms with Crippen molar-refractivity contribution in [2.24, 2.45) is 0 Å². The zero-order valence-electron chi connectivity index (χ0n) is 10.8. The summed E-state index contributed by atoms with van der Waals surface area (Å²) in [6, 6.07) is 2.89. The summed E-state index contributed by atoms with van der Waals surface area (Å²) in [5, 5.41) is 1.71. The summed E-state index contributed by atoms with van der Waals surface area (Å²) >= 11 is 0. The average Bonchev–Trinajstić information content (AvgIpc) is 2.33. The largest absolute Gasteiger partial charge is 0.488 e.